The summed E-state index contributed by atoms with van der Waals surface area (Å²) in [4.78, 5) is 16.0. The van der Waals surface area contributed by atoms with Crippen molar-refractivity contribution < 1.29 is 4.79 Å². The summed E-state index contributed by atoms with van der Waals surface area (Å²) in [6.45, 7) is 6.78. The van der Waals surface area contributed by atoms with E-state index in [2.05, 4.69) is 35.5 Å². The highest BCUT2D eigenvalue weighted by Crippen LogP contribution is 2.31. The number of benzene rings is 1. The Morgan fingerprint density at radius 1 is 1.44 bits per heavy atom. The Hall–Kier alpha value is -1.62. The number of nitrogens with one attached hydrogen (secondary N) is 2. The zero-order valence-electron chi connectivity index (χ0n) is 10.8. The quantitative estimate of drug-likeness (QED) is 0.889. The number of fused-ring (bicyclic) bond motifs is 1. The Kier molecular flexibility index (Phi) is 3.81. The lowest BCUT2D eigenvalue weighted by atomic mass is 10.0. The van der Waals surface area contributed by atoms with Gasteiger partial charge in [0, 0.05) is 6.54 Å². The van der Waals surface area contributed by atoms with Crippen LogP contribution in [0.4, 0.5) is 9.93 Å². The topological polar surface area (TPSA) is 54.0 Å². The molecule has 2 N–H and O–H groups in total. The van der Waals surface area contributed by atoms with Crippen LogP contribution in [0, 0.1) is 0 Å². The largest absolute Gasteiger partial charge is 0.338 e. The molecule has 1 aromatic heterocycles. The fourth-order valence-corrected chi connectivity index (χ4v) is 2.69. The van der Waals surface area contributed by atoms with Gasteiger partial charge in [-0.15, -0.1) is 0 Å². The fourth-order valence-electron chi connectivity index (χ4n) is 1.79. The summed E-state index contributed by atoms with van der Waals surface area (Å²) in [6.07, 6.45) is 0. The standard InChI is InChI=1S/C13H17N3OS/c1-4-14-12(17)16-13-15-11-9(8(2)3)6-5-7-10(11)18-13/h5-8H,4H2,1-3H3,(H2,14,15,16,17). The maximum atomic E-state index is 11.5. The van der Waals surface area contributed by atoms with Gasteiger partial charge in [-0.25, -0.2) is 9.78 Å². The van der Waals surface area contributed by atoms with Gasteiger partial charge in [-0.1, -0.05) is 37.3 Å². The van der Waals surface area contributed by atoms with Gasteiger partial charge in [-0.2, -0.15) is 0 Å². The third-order valence-electron chi connectivity index (χ3n) is 2.63. The van der Waals surface area contributed by atoms with Crippen molar-refractivity contribution in [2.24, 2.45) is 0 Å². The van der Waals surface area contributed by atoms with Crippen LogP contribution in [0.5, 0.6) is 0 Å². The molecule has 5 heteroatoms. The van der Waals surface area contributed by atoms with Gasteiger partial charge in [-0.3, -0.25) is 5.32 Å². The minimum absolute atomic E-state index is 0.206. The smallest absolute Gasteiger partial charge is 0.321 e. The average Bonchev–Trinajstić information content (AvgIpc) is 2.70. The zero-order valence-corrected chi connectivity index (χ0v) is 11.6. The molecule has 96 valence electrons. The summed E-state index contributed by atoms with van der Waals surface area (Å²) in [6, 6.07) is 5.94. The molecule has 0 radical (unpaired) electrons. The number of carbonyl (C=O) groups is 1. The summed E-state index contributed by atoms with van der Waals surface area (Å²) >= 11 is 1.50. The van der Waals surface area contributed by atoms with Gasteiger partial charge in [0.1, 0.15) is 0 Å². The summed E-state index contributed by atoms with van der Waals surface area (Å²) in [5, 5.41) is 6.09. The van der Waals surface area contributed by atoms with Crippen molar-refractivity contribution in [3.63, 3.8) is 0 Å². The van der Waals surface area contributed by atoms with Gasteiger partial charge in [-0.05, 0) is 24.5 Å². The summed E-state index contributed by atoms with van der Waals surface area (Å²) < 4.78 is 1.10. The van der Waals surface area contributed by atoms with Crippen LogP contribution in [0.25, 0.3) is 10.2 Å². The van der Waals surface area contributed by atoms with Crippen LogP contribution < -0.4 is 10.6 Å². The van der Waals surface area contributed by atoms with Crippen LogP contribution in [0.2, 0.25) is 0 Å². The van der Waals surface area contributed by atoms with Crippen LogP contribution in [0.15, 0.2) is 18.2 Å². The second-order valence-corrected chi connectivity index (χ2v) is 5.38. The second-order valence-electron chi connectivity index (χ2n) is 4.35. The number of thiazole rings is 1. The van der Waals surface area contributed by atoms with Gasteiger partial charge >= 0.3 is 6.03 Å². The van der Waals surface area contributed by atoms with Gasteiger partial charge in [0.25, 0.3) is 0 Å². The normalized spacial score (nSPS) is 10.9. The molecule has 4 nitrogen and oxygen atoms in total. The number of hydrogen-bond donors (Lipinski definition) is 2. The lowest BCUT2D eigenvalue weighted by Crippen LogP contribution is -2.28. The zero-order chi connectivity index (χ0) is 13.1. The van der Waals surface area contributed by atoms with Crippen LogP contribution in [-0.4, -0.2) is 17.6 Å². The number of urea groups is 1. The molecule has 1 heterocycles. The SMILES string of the molecule is CCNC(=O)Nc1nc2c(C(C)C)cccc2s1. The average molecular weight is 263 g/mol. The van der Waals surface area contributed by atoms with E-state index in [9.17, 15) is 4.79 Å². The van der Waals surface area contributed by atoms with E-state index in [0.717, 1.165) is 10.2 Å². The molecule has 0 unspecified atom stereocenters. The van der Waals surface area contributed by atoms with Crippen molar-refractivity contribution in [1.82, 2.24) is 10.3 Å². The third-order valence-corrected chi connectivity index (χ3v) is 3.57. The molecule has 0 aliphatic rings. The van der Waals surface area contributed by atoms with E-state index < -0.39 is 0 Å². The van der Waals surface area contributed by atoms with Gasteiger partial charge in [0.15, 0.2) is 5.13 Å². The van der Waals surface area contributed by atoms with E-state index in [1.807, 2.05) is 19.1 Å². The van der Waals surface area contributed by atoms with Gasteiger partial charge in [0.2, 0.25) is 0 Å². The van der Waals surface area contributed by atoms with E-state index in [-0.39, 0.29) is 6.03 Å². The van der Waals surface area contributed by atoms with Crippen molar-refractivity contribution in [2.75, 3.05) is 11.9 Å². The van der Waals surface area contributed by atoms with Crippen LogP contribution >= 0.6 is 11.3 Å². The number of anilines is 1. The predicted octanol–water partition coefficient (Wildman–Crippen LogP) is 3.56. The number of hydrogen-bond acceptors (Lipinski definition) is 3. The molecular weight excluding hydrogens is 246 g/mol. The molecule has 0 fully saturated rings. The Morgan fingerprint density at radius 3 is 2.89 bits per heavy atom. The first-order chi connectivity index (χ1) is 8.61. The molecule has 0 aliphatic carbocycles. The predicted molar refractivity (Wildman–Crippen MR) is 76.4 cm³/mol. The lowest BCUT2D eigenvalue weighted by molar-refractivity contribution is 0.252. The number of rotatable bonds is 3. The molecule has 2 amide bonds. The molecular formula is C13H17N3OS. The van der Waals surface area contributed by atoms with Crippen molar-refractivity contribution >= 4 is 32.7 Å². The van der Waals surface area contributed by atoms with Crippen molar-refractivity contribution in [1.29, 1.82) is 0 Å². The van der Waals surface area contributed by atoms with E-state index in [1.165, 1.54) is 16.9 Å². The number of para-hydroxylation sites is 1. The highest BCUT2D eigenvalue weighted by atomic mass is 32.1. The first kappa shape index (κ1) is 12.8. The third kappa shape index (κ3) is 2.61. The molecule has 1 aromatic carbocycles. The molecule has 2 rings (SSSR count). The lowest BCUT2D eigenvalue weighted by Gasteiger charge is -2.04. The van der Waals surface area contributed by atoms with Crippen LogP contribution in [-0.2, 0) is 0 Å². The van der Waals surface area contributed by atoms with Crippen LogP contribution in [0.3, 0.4) is 0 Å². The van der Waals surface area contributed by atoms with Crippen molar-refractivity contribution in [3.8, 4) is 0 Å². The van der Waals surface area contributed by atoms with Gasteiger partial charge < -0.3 is 5.32 Å². The molecule has 0 spiro atoms. The second kappa shape index (κ2) is 5.35. The molecule has 0 bridgehead atoms. The molecule has 0 atom stereocenters. The molecule has 0 aliphatic heterocycles. The molecule has 18 heavy (non-hydrogen) atoms. The van der Waals surface area contributed by atoms with E-state index >= 15 is 0 Å². The summed E-state index contributed by atoms with van der Waals surface area (Å²) in [5.74, 6) is 0.424. The summed E-state index contributed by atoms with van der Waals surface area (Å²) in [5.41, 5.74) is 2.21. The molecule has 0 saturated heterocycles. The number of amides is 2. The minimum Gasteiger partial charge on any atom is -0.338 e. The number of carbonyl (C=O) groups excluding carboxylic acids is 1. The van der Waals surface area contributed by atoms with E-state index in [0.29, 0.717) is 17.6 Å². The highest BCUT2D eigenvalue weighted by Gasteiger charge is 2.11. The van der Waals surface area contributed by atoms with E-state index in [4.69, 9.17) is 0 Å². The monoisotopic (exact) mass is 263 g/mol. The Labute approximate surface area is 110 Å². The summed E-state index contributed by atoms with van der Waals surface area (Å²) in [7, 11) is 0. The number of aromatic nitrogens is 1. The van der Waals surface area contributed by atoms with Crippen LogP contribution in [0.1, 0.15) is 32.3 Å². The highest BCUT2D eigenvalue weighted by molar-refractivity contribution is 7.22. The first-order valence-corrected chi connectivity index (χ1v) is 6.87. The maximum Gasteiger partial charge on any atom is 0.321 e. The molecule has 0 saturated carbocycles. The number of nitrogens with zero attached hydrogens (tertiary/aromatic N) is 1. The van der Waals surface area contributed by atoms with Gasteiger partial charge in [0.05, 0.1) is 10.2 Å². The Bertz CT molecular complexity index is 562. The first-order valence-electron chi connectivity index (χ1n) is 6.06. The molecule has 2 aromatic rings. The fraction of sp³-hybridized carbons (Fsp3) is 0.385. The van der Waals surface area contributed by atoms with Crippen molar-refractivity contribution in [2.45, 2.75) is 26.7 Å². The van der Waals surface area contributed by atoms with E-state index in [1.54, 1.807) is 0 Å². The maximum absolute atomic E-state index is 11.5. The Morgan fingerprint density at radius 2 is 2.22 bits per heavy atom. The Balaban J connectivity index is 2.32. The minimum atomic E-state index is -0.206. The van der Waals surface area contributed by atoms with Crippen molar-refractivity contribution in [3.05, 3.63) is 23.8 Å².